The van der Waals surface area contributed by atoms with Crippen molar-refractivity contribution in [3.8, 4) is 11.8 Å². The Morgan fingerprint density at radius 2 is 1.97 bits per heavy atom. The molecule has 29 heavy (non-hydrogen) atoms. The summed E-state index contributed by atoms with van der Waals surface area (Å²) in [5.41, 5.74) is 0.828. The smallest absolute Gasteiger partial charge is 0.265 e. The summed E-state index contributed by atoms with van der Waals surface area (Å²) in [7, 11) is 0. The molecule has 0 aliphatic carbocycles. The summed E-state index contributed by atoms with van der Waals surface area (Å²) >= 11 is 13.0. The molecule has 9 heteroatoms. The van der Waals surface area contributed by atoms with E-state index in [1.165, 1.54) is 6.07 Å². The zero-order valence-corrected chi connectivity index (χ0v) is 18.8. The third-order valence-electron chi connectivity index (χ3n) is 4.31. The molecule has 0 bridgehead atoms. The fourth-order valence-corrected chi connectivity index (χ4v) is 4.20. The van der Waals surface area contributed by atoms with Crippen LogP contribution in [0.1, 0.15) is 41.6 Å². The Labute approximate surface area is 184 Å². The quantitative estimate of drug-likeness (QED) is 0.629. The first-order chi connectivity index (χ1) is 13.7. The molecule has 0 saturated heterocycles. The van der Waals surface area contributed by atoms with Crippen LogP contribution in [0.15, 0.2) is 18.2 Å². The highest BCUT2D eigenvalue weighted by Gasteiger charge is 2.25. The molecule has 1 aromatic heterocycles. The van der Waals surface area contributed by atoms with Crippen molar-refractivity contribution in [2.24, 2.45) is 0 Å². The molecule has 0 fully saturated rings. The number of amides is 2. The highest BCUT2D eigenvalue weighted by atomic mass is 35.5. The molecule has 154 valence electrons. The molecule has 1 heterocycles. The monoisotopic (exact) mass is 453 g/mol. The van der Waals surface area contributed by atoms with Crippen LogP contribution in [0.5, 0.6) is 5.75 Å². The van der Waals surface area contributed by atoms with Crippen LogP contribution in [0.25, 0.3) is 0 Å². The number of hydrogen-bond donors (Lipinski definition) is 1. The molecule has 2 aromatic rings. The molecular weight excluding hydrogens is 433 g/mol. The minimum absolute atomic E-state index is 0.160. The van der Waals surface area contributed by atoms with Crippen molar-refractivity contribution in [3.63, 3.8) is 0 Å². The van der Waals surface area contributed by atoms with Crippen molar-refractivity contribution in [2.45, 2.75) is 33.8 Å². The fourth-order valence-electron chi connectivity index (χ4n) is 2.62. The Morgan fingerprint density at radius 3 is 2.52 bits per heavy atom. The van der Waals surface area contributed by atoms with Gasteiger partial charge in [-0.25, -0.2) is 0 Å². The number of nitrogens with one attached hydrogen (secondary N) is 1. The molecule has 0 saturated carbocycles. The Hall–Kier alpha value is -2.27. The summed E-state index contributed by atoms with van der Waals surface area (Å²) in [6.45, 7) is 8.16. The van der Waals surface area contributed by atoms with Crippen molar-refractivity contribution < 1.29 is 14.3 Å². The lowest BCUT2D eigenvalue weighted by atomic mass is 10.1. The Morgan fingerprint density at radius 1 is 1.31 bits per heavy atom. The lowest BCUT2D eigenvalue weighted by Crippen LogP contribution is -2.30. The molecule has 0 aliphatic rings. The third-order valence-corrected chi connectivity index (χ3v) is 6.03. The van der Waals surface area contributed by atoms with E-state index in [0.717, 1.165) is 11.3 Å². The molecular formula is C20H21Cl2N3O3S. The van der Waals surface area contributed by atoms with Gasteiger partial charge >= 0.3 is 0 Å². The highest BCUT2D eigenvalue weighted by molar-refractivity contribution is 7.18. The normalized spacial score (nSPS) is 11.5. The summed E-state index contributed by atoms with van der Waals surface area (Å²) in [6.07, 6.45) is -0.885. The molecule has 0 aliphatic heterocycles. The van der Waals surface area contributed by atoms with Gasteiger partial charge in [-0.15, -0.1) is 11.3 Å². The van der Waals surface area contributed by atoms with Crippen LogP contribution in [0.2, 0.25) is 10.0 Å². The standard InChI is InChI=1S/C20H21Cl2N3O3S/c1-5-25(6-2)20(27)17-11(3)14(10-23)19(29-17)24-18(26)12(4)28-16-8-7-13(21)9-15(16)22/h7-9,12H,5-6H2,1-4H3,(H,24,26). The molecule has 2 amide bonds. The lowest BCUT2D eigenvalue weighted by molar-refractivity contribution is -0.122. The maximum atomic E-state index is 12.7. The van der Waals surface area contributed by atoms with Gasteiger partial charge < -0.3 is 15.0 Å². The summed E-state index contributed by atoms with van der Waals surface area (Å²) in [6, 6.07) is 6.77. The van der Waals surface area contributed by atoms with Gasteiger partial charge in [0, 0.05) is 18.1 Å². The third kappa shape index (κ3) is 5.21. The van der Waals surface area contributed by atoms with E-state index in [4.69, 9.17) is 27.9 Å². The highest BCUT2D eigenvalue weighted by Crippen LogP contribution is 2.34. The number of carbonyl (C=O) groups is 2. The maximum absolute atomic E-state index is 12.7. The second-order valence-corrected chi connectivity index (χ2v) is 8.04. The first-order valence-corrected chi connectivity index (χ1v) is 10.6. The van der Waals surface area contributed by atoms with E-state index in [9.17, 15) is 14.9 Å². The Bertz CT molecular complexity index is 965. The molecule has 0 spiro atoms. The Balaban J connectivity index is 2.22. The predicted molar refractivity (Wildman–Crippen MR) is 116 cm³/mol. The van der Waals surface area contributed by atoms with Gasteiger partial charge in [0.2, 0.25) is 0 Å². The van der Waals surface area contributed by atoms with Gasteiger partial charge in [-0.1, -0.05) is 23.2 Å². The molecule has 6 nitrogen and oxygen atoms in total. The van der Waals surface area contributed by atoms with Gasteiger partial charge in [-0.2, -0.15) is 5.26 Å². The predicted octanol–water partition coefficient (Wildman–Crippen LogP) is 5.12. The fraction of sp³-hybridized carbons (Fsp3) is 0.350. The summed E-state index contributed by atoms with van der Waals surface area (Å²) in [5.74, 6) is -0.304. The average molecular weight is 454 g/mol. The zero-order chi connectivity index (χ0) is 21.7. The maximum Gasteiger partial charge on any atom is 0.265 e. The van der Waals surface area contributed by atoms with Crippen LogP contribution < -0.4 is 10.1 Å². The van der Waals surface area contributed by atoms with Crippen molar-refractivity contribution in [3.05, 3.63) is 44.2 Å². The Kier molecular flexibility index (Phi) is 7.91. The van der Waals surface area contributed by atoms with Gasteiger partial charge in [0.15, 0.2) is 6.10 Å². The largest absolute Gasteiger partial charge is 0.479 e. The number of anilines is 1. The summed E-state index contributed by atoms with van der Waals surface area (Å²) in [5, 5.41) is 13.3. The van der Waals surface area contributed by atoms with Gasteiger partial charge in [0.25, 0.3) is 11.8 Å². The van der Waals surface area contributed by atoms with E-state index in [2.05, 4.69) is 11.4 Å². The minimum Gasteiger partial charge on any atom is -0.479 e. The van der Waals surface area contributed by atoms with E-state index >= 15 is 0 Å². The first kappa shape index (κ1) is 23.0. The van der Waals surface area contributed by atoms with Crippen LogP contribution in [-0.2, 0) is 4.79 Å². The molecule has 1 aromatic carbocycles. The number of nitriles is 1. The van der Waals surface area contributed by atoms with Gasteiger partial charge in [0.05, 0.1) is 15.5 Å². The number of nitrogens with zero attached hydrogens (tertiary/aromatic N) is 2. The number of ether oxygens (including phenoxy) is 1. The van der Waals surface area contributed by atoms with Crippen LogP contribution >= 0.6 is 34.5 Å². The van der Waals surface area contributed by atoms with Crippen LogP contribution in [0.4, 0.5) is 5.00 Å². The van der Waals surface area contributed by atoms with E-state index in [-0.39, 0.29) is 16.5 Å². The van der Waals surface area contributed by atoms with Gasteiger partial charge in [-0.05, 0) is 51.5 Å². The number of hydrogen-bond acceptors (Lipinski definition) is 5. The van der Waals surface area contributed by atoms with Crippen LogP contribution in [-0.4, -0.2) is 35.9 Å². The SMILES string of the molecule is CCN(CC)C(=O)c1sc(NC(=O)C(C)Oc2ccc(Cl)cc2Cl)c(C#N)c1C. The van der Waals surface area contributed by atoms with E-state index in [0.29, 0.717) is 39.3 Å². The number of benzene rings is 1. The number of carbonyl (C=O) groups excluding carboxylic acids is 2. The summed E-state index contributed by atoms with van der Waals surface area (Å²) in [4.78, 5) is 27.4. The molecule has 1 atom stereocenters. The molecule has 1 N–H and O–H groups in total. The van der Waals surface area contributed by atoms with Crippen LogP contribution in [0.3, 0.4) is 0 Å². The van der Waals surface area contributed by atoms with Crippen molar-refractivity contribution >= 4 is 51.4 Å². The molecule has 1 unspecified atom stereocenters. The van der Waals surface area contributed by atoms with Crippen molar-refractivity contribution in [2.75, 3.05) is 18.4 Å². The second-order valence-electron chi connectivity index (χ2n) is 6.17. The molecule has 2 rings (SSSR count). The zero-order valence-electron chi connectivity index (χ0n) is 16.5. The number of rotatable bonds is 7. The van der Waals surface area contributed by atoms with E-state index < -0.39 is 12.0 Å². The van der Waals surface area contributed by atoms with Crippen molar-refractivity contribution in [1.82, 2.24) is 4.90 Å². The van der Waals surface area contributed by atoms with E-state index in [1.807, 2.05) is 13.8 Å². The summed E-state index contributed by atoms with van der Waals surface area (Å²) < 4.78 is 5.61. The number of halogens is 2. The number of thiophene rings is 1. The second kappa shape index (κ2) is 9.97. The first-order valence-electron chi connectivity index (χ1n) is 8.98. The lowest BCUT2D eigenvalue weighted by Gasteiger charge is -2.17. The van der Waals surface area contributed by atoms with Crippen molar-refractivity contribution in [1.29, 1.82) is 5.26 Å². The molecule has 0 radical (unpaired) electrons. The van der Waals surface area contributed by atoms with Crippen LogP contribution in [0, 0.1) is 18.3 Å². The van der Waals surface area contributed by atoms with Gasteiger partial charge in [-0.3, -0.25) is 9.59 Å². The topological polar surface area (TPSA) is 82.4 Å². The minimum atomic E-state index is -0.885. The van der Waals surface area contributed by atoms with E-state index in [1.54, 1.807) is 30.9 Å². The average Bonchev–Trinajstić information content (AvgIpc) is 2.99. The van der Waals surface area contributed by atoms with Gasteiger partial charge in [0.1, 0.15) is 16.8 Å².